The highest BCUT2D eigenvalue weighted by Gasteiger charge is 2.20. The van der Waals surface area contributed by atoms with E-state index in [2.05, 4.69) is 17.7 Å². The third-order valence-corrected chi connectivity index (χ3v) is 5.25. The average molecular weight is 396 g/mol. The summed E-state index contributed by atoms with van der Waals surface area (Å²) in [5, 5.41) is 12.0. The minimum absolute atomic E-state index is 0.277. The molecule has 0 spiro atoms. The minimum Gasteiger partial charge on any atom is -0.305 e. The van der Waals surface area contributed by atoms with Gasteiger partial charge >= 0.3 is 0 Å². The van der Waals surface area contributed by atoms with Crippen LogP contribution in [0.1, 0.15) is 37.9 Å². The summed E-state index contributed by atoms with van der Waals surface area (Å²) in [4.78, 5) is 11.4. The molecule has 0 N–H and O–H groups in total. The molecule has 2 heterocycles. The number of nitrogens with zero attached hydrogens (tertiary/aromatic N) is 5. The summed E-state index contributed by atoms with van der Waals surface area (Å²) < 4.78 is 15.5. The van der Waals surface area contributed by atoms with Gasteiger partial charge in [0.15, 0.2) is 5.13 Å². The van der Waals surface area contributed by atoms with E-state index in [1.165, 1.54) is 29.0 Å². The number of halogens is 1. The molecule has 0 amide bonds. The highest BCUT2D eigenvalue weighted by molar-refractivity contribution is 7.14. The van der Waals surface area contributed by atoms with E-state index in [0.717, 1.165) is 28.9 Å². The second-order valence-corrected chi connectivity index (χ2v) is 7.57. The molecule has 0 saturated carbocycles. The zero-order valence-corrected chi connectivity index (χ0v) is 17.4. The van der Waals surface area contributed by atoms with Gasteiger partial charge in [0, 0.05) is 24.2 Å². The molecule has 0 unspecified atom stereocenters. The van der Waals surface area contributed by atoms with Gasteiger partial charge in [0.05, 0.1) is 23.0 Å². The van der Waals surface area contributed by atoms with Gasteiger partial charge in [-0.1, -0.05) is 12.5 Å². The molecule has 7 heteroatoms. The molecule has 2 aromatic heterocycles. The zero-order chi connectivity index (χ0) is 20.4. The molecular weight excluding hydrogens is 373 g/mol. The van der Waals surface area contributed by atoms with Crippen LogP contribution in [-0.4, -0.2) is 21.6 Å². The molecule has 0 saturated heterocycles. The number of anilines is 2. The van der Waals surface area contributed by atoms with Gasteiger partial charge in [0.25, 0.3) is 0 Å². The van der Waals surface area contributed by atoms with E-state index in [1.807, 2.05) is 44.2 Å². The van der Waals surface area contributed by atoms with Crippen LogP contribution in [0.4, 0.5) is 15.3 Å². The quantitative estimate of drug-likeness (QED) is 0.569. The van der Waals surface area contributed by atoms with Crippen LogP contribution in [-0.2, 0) is 6.42 Å². The van der Waals surface area contributed by atoms with Crippen molar-refractivity contribution in [1.29, 1.82) is 5.26 Å². The Morgan fingerprint density at radius 2 is 2.11 bits per heavy atom. The maximum Gasteiger partial charge on any atom is 0.191 e. The lowest BCUT2D eigenvalue weighted by Gasteiger charge is -2.19. The van der Waals surface area contributed by atoms with Gasteiger partial charge in [-0.25, -0.2) is 14.4 Å². The molecule has 0 fully saturated rings. The highest BCUT2D eigenvalue weighted by Crippen LogP contribution is 2.34. The number of rotatable bonds is 5. The number of hydrogen-bond donors (Lipinski definition) is 0. The van der Waals surface area contributed by atoms with E-state index in [-0.39, 0.29) is 5.56 Å². The van der Waals surface area contributed by atoms with Crippen LogP contribution >= 0.6 is 11.3 Å². The van der Waals surface area contributed by atoms with Crippen LogP contribution in [0.5, 0.6) is 0 Å². The molecule has 28 heavy (non-hydrogen) atoms. The Bertz CT molecular complexity index is 1080. The van der Waals surface area contributed by atoms with Crippen LogP contribution < -0.4 is 4.90 Å². The van der Waals surface area contributed by atoms with Crippen LogP contribution in [0, 0.1) is 24.1 Å². The Hall–Kier alpha value is -2.98. The van der Waals surface area contributed by atoms with Crippen molar-refractivity contribution in [2.75, 3.05) is 11.9 Å². The highest BCUT2D eigenvalue weighted by atomic mass is 32.1. The van der Waals surface area contributed by atoms with Crippen molar-refractivity contribution < 1.29 is 4.39 Å². The molecule has 5 nitrogen and oxygen atoms in total. The molecule has 3 rings (SSSR count). The van der Waals surface area contributed by atoms with E-state index in [9.17, 15) is 9.65 Å². The monoisotopic (exact) mass is 395 g/mol. The Morgan fingerprint density at radius 3 is 2.75 bits per heavy atom. The van der Waals surface area contributed by atoms with Crippen molar-refractivity contribution in [2.45, 2.75) is 34.1 Å². The van der Waals surface area contributed by atoms with Gasteiger partial charge in [-0.3, -0.25) is 4.57 Å². The summed E-state index contributed by atoms with van der Waals surface area (Å²) in [6, 6.07) is 6.23. The van der Waals surface area contributed by atoms with Crippen molar-refractivity contribution in [1.82, 2.24) is 14.5 Å². The largest absolute Gasteiger partial charge is 0.305 e. The summed E-state index contributed by atoms with van der Waals surface area (Å²) in [5.41, 5.74) is 3.73. The summed E-state index contributed by atoms with van der Waals surface area (Å²) in [6.07, 6.45) is 2.87. The molecule has 0 radical (unpaired) electrons. The standard InChI is InChI=1S/C21H22FN5S/c1-6-18-20(27(11-13(2)3)14(4)24-18)26(5)21-25-19(12-28-21)17-8-7-16(22)9-15(17)10-23/h7-9,11-12H,6H2,1-5H3. The maximum absolute atomic E-state index is 13.4. The number of thiazole rings is 1. The fourth-order valence-corrected chi connectivity index (χ4v) is 3.85. The van der Waals surface area contributed by atoms with Gasteiger partial charge in [0.1, 0.15) is 17.5 Å². The molecular formula is C21H22FN5S. The van der Waals surface area contributed by atoms with Gasteiger partial charge < -0.3 is 4.90 Å². The SMILES string of the molecule is CCc1nc(C)n(C=C(C)C)c1N(C)c1nc(-c2ccc(F)cc2C#N)cs1. The van der Waals surface area contributed by atoms with Crippen molar-refractivity contribution >= 4 is 28.5 Å². The summed E-state index contributed by atoms with van der Waals surface area (Å²) in [5.74, 6) is 1.46. The van der Waals surface area contributed by atoms with Crippen LogP contribution in [0.25, 0.3) is 17.5 Å². The molecule has 144 valence electrons. The first-order valence-corrected chi connectivity index (χ1v) is 9.85. The second kappa shape index (κ2) is 7.95. The van der Waals surface area contributed by atoms with Crippen LogP contribution in [0.2, 0.25) is 0 Å². The second-order valence-electron chi connectivity index (χ2n) is 6.74. The lowest BCUT2D eigenvalue weighted by atomic mass is 10.1. The predicted molar refractivity (Wildman–Crippen MR) is 112 cm³/mol. The third-order valence-electron chi connectivity index (χ3n) is 4.33. The van der Waals surface area contributed by atoms with E-state index < -0.39 is 5.82 Å². The Balaban J connectivity index is 2.06. The van der Waals surface area contributed by atoms with Crippen molar-refractivity contribution in [3.63, 3.8) is 0 Å². The fourth-order valence-electron chi connectivity index (χ4n) is 3.06. The van der Waals surface area contributed by atoms with E-state index in [1.54, 1.807) is 6.07 Å². The lowest BCUT2D eigenvalue weighted by Crippen LogP contribution is -2.14. The first-order valence-electron chi connectivity index (χ1n) is 8.97. The number of aromatic nitrogens is 3. The van der Waals surface area contributed by atoms with E-state index in [0.29, 0.717) is 11.3 Å². The fraction of sp³-hybridized carbons (Fsp3) is 0.286. The van der Waals surface area contributed by atoms with Gasteiger partial charge in [-0.2, -0.15) is 5.26 Å². The van der Waals surface area contributed by atoms with Crippen molar-refractivity contribution in [2.24, 2.45) is 0 Å². The molecule has 3 aromatic rings. The average Bonchev–Trinajstić information content (AvgIpc) is 3.26. The number of benzene rings is 1. The van der Waals surface area contributed by atoms with Gasteiger partial charge in [0.2, 0.25) is 0 Å². The number of aryl methyl sites for hydroxylation is 2. The summed E-state index contributed by atoms with van der Waals surface area (Å²) >= 11 is 1.48. The maximum atomic E-state index is 13.4. The van der Waals surface area contributed by atoms with Crippen molar-refractivity contribution in [3.8, 4) is 17.3 Å². The van der Waals surface area contributed by atoms with E-state index >= 15 is 0 Å². The van der Waals surface area contributed by atoms with Gasteiger partial charge in [-0.15, -0.1) is 11.3 Å². The number of hydrogen-bond acceptors (Lipinski definition) is 5. The smallest absolute Gasteiger partial charge is 0.191 e. The minimum atomic E-state index is -0.429. The Kier molecular flexibility index (Phi) is 5.61. The Morgan fingerprint density at radius 1 is 1.36 bits per heavy atom. The Labute approximate surface area is 168 Å². The summed E-state index contributed by atoms with van der Waals surface area (Å²) in [6.45, 7) is 8.17. The molecule has 0 bridgehead atoms. The first-order chi connectivity index (χ1) is 13.3. The predicted octanol–water partition coefficient (Wildman–Crippen LogP) is 5.54. The lowest BCUT2D eigenvalue weighted by molar-refractivity contribution is 0.627. The normalized spacial score (nSPS) is 10.6. The van der Waals surface area contributed by atoms with E-state index in [4.69, 9.17) is 9.97 Å². The van der Waals surface area contributed by atoms with Crippen molar-refractivity contribution in [3.05, 3.63) is 52.1 Å². The summed E-state index contributed by atoms with van der Waals surface area (Å²) in [7, 11) is 1.96. The van der Waals surface area contributed by atoms with Gasteiger partial charge in [-0.05, 0) is 45.4 Å². The number of nitriles is 1. The first kappa shape index (κ1) is 19.8. The molecule has 0 aliphatic rings. The third kappa shape index (κ3) is 3.69. The van der Waals surface area contributed by atoms with Crippen LogP contribution in [0.15, 0.2) is 29.2 Å². The molecule has 0 aliphatic heterocycles. The zero-order valence-electron chi connectivity index (χ0n) is 16.6. The topological polar surface area (TPSA) is 57.7 Å². The number of imidazole rings is 1. The number of allylic oxidation sites excluding steroid dienone is 1. The molecule has 0 aliphatic carbocycles. The molecule has 1 aromatic carbocycles. The molecule has 0 atom stereocenters. The van der Waals surface area contributed by atoms with Crippen LogP contribution in [0.3, 0.4) is 0 Å².